The molecule has 1 amide bonds. The number of carbonyl (C=O) groups excluding carboxylic acids is 1. The van der Waals surface area contributed by atoms with Crippen molar-refractivity contribution in [2.75, 3.05) is 6.54 Å². The molecule has 0 aliphatic rings. The van der Waals surface area contributed by atoms with Crippen LogP contribution >= 0.6 is 23.2 Å². The van der Waals surface area contributed by atoms with Crippen molar-refractivity contribution in [3.63, 3.8) is 0 Å². The molecule has 0 fully saturated rings. The molecule has 21 heavy (non-hydrogen) atoms. The predicted molar refractivity (Wildman–Crippen MR) is 86.8 cm³/mol. The molecule has 4 nitrogen and oxygen atoms in total. The van der Waals surface area contributed by atoms with Crippen molar-refractivity contribution in [3.8, 4) is 0 Å². The summed E-state index contributed by atoms with van der Waals surface area (Å²) in [6, 6.07) is 5.62. The van der Waals surface area contributed by atoms with Gasteiger partial charge in [-0.1, -0.05) is 31.5 Å². The summed E-state index contributed by atoms with van der Waals surface area (Å²) in [5.41, 5.74) is 1.65. The molecule has 2 rings (SSSR count). The molecule has 0 atom stereocenters. The zero-order valence-corrected chi connectivity index (χ0v) is 13.7. The number of fused-ring (bicyclic) bond motifs is 1. The lowest BCUT2D eigenvalue weighted by Crippen LogP contribution is -2.28. The van der Waals surface area contributed by atoms with E-state index in [9.17, 15) is 4.79 Å². The van der Waals surface area contributed by atoms with Crippen LogP contribution < -0.4 is 5.32 Å². The summed E-state index contributed by atoms with van der Waals surface area (Å²) in [4.78, 5) is 16.3. The monoisotopic (exact) mass is 327 g/mol. The average molecular weight is 328 g/mol. The molecule has 0 spiro atoms. The van der Waals surface area contributed by atoms with Gasteiger partial charge in [0.25, 0.3) is 0 Å². The lowest BCUT2D eigenvalue weighted by Gasteiger charge is -2.10. The first kappa shape index (κ1) is 16.1. The average Bonchev–Trinajstić information content (AvgIpc) is 2.82. The van der Waals surface area contributed by atoms with Gasteiger partial charge in [-0.25, -0.2) is 4.98 Å². The smallest absolute Gasteiger partial charge is 0.221 e. The van der Waals surface area contributed by atoms with Crippen LogP contribution in [0.15, 0.2) is 18.2 Å². The van der Waals surface area contributed by atoms with E-state index < -0.39 is 0 Å². The molecule has 0 radical (unpaired) electrons. The van der Waals surface area contributed by atoms with E-state index >= 15 is 0 Å². The van der Waals surface area contributed by atoms with Crippen molar-refractivity contribution < 1.29 is 4.79 Å². The Balaban J connectivity index is 2.14. The Labute approximate surface area is 134 Å². The third-order valence-corrected chi connectivity index (χ3v) is 3.74. The molecule has 0 unspecified atom stereocenters. The number of imidazole rings is 1. The highest BCUT2D eigenvalue weighted by Crippen LogP contribution is 2.24. The van der Waals surface area contributed by atoms with Gasteiger partial charge in [0.2, 0.25) is 5.91 Å². The van der Waals surface area contributed by atoms with Gasteiger partial charge in [0.1, 0.15) is 11.3 Å². The van der Waals surface area contributed by atoms with Gasteiger partial charge < -0.3 is 9.88 Å². The first-order valence-corrected chi connectivity index (χ1v) is 7.90. The van der Waals surface area contributed by atoms with Crippen LogP contribution in [0, 0.1) is 5.92 Å². The number of hydrogen-bond donors (Lipinski definition) is 1. The number of amides is 1. The highest BCUT2D eigenvalue weighted by Gasteiger charge is 2.13. The molecule has 114 valence electrons. The topological polar surface area (TPSA) is 46.9 Å². The van der Waals surface area contributed by atoms with Gasteiger partial charge in [-0.2, -0.15) is 0 Å². The van der Waals surface area contributed by atoms with Crippen molar-refractivity contribution >= 4 is 40.1 Å². The summed E-state index contributed by atoms with van der Waals surface area (Å²) in [5.74, 6) is 1.50. The lowest BCUT2D eigenvalue weighted by molar-refractivity contribution is -0.121. The molecular weight excluding hydrogens is 309 g/mol. The van der Waals surface area contributed by atoms with Crippen LogP contribution in [0.4, 0.5) is 0 Å². The molecule has 6 heteroatoms. The molecule has 0 aliphatic heterocycles. The fraction of sp³-hybridized carbons (Fsp3) is 0.467. The Morgan fingerprint density at radius 2 is 2.19 bits per heavy atom. The molecule has 1 N–H and O–H groups in total. The first-order chi connectivity index (χ1) is 10.0. The molecule has 0 saturated heterocycles. The van der Waals surface area contributed by atoms with E-state index in [4.69, 9.17) is 23.2 Å². The van der Waals surface area contributed by atoms with Gasteiger partial charge in [0, 0.05) is 19.5 Å². The van der Waals surface area contributed by atoms with E-state index in [1.807, 2.05) is 16.7 Å². The number of halogens is 2. The molecule has 0 saturated carbocycles. The number of aryl methyl sites for hydroxylation is 1. The Morgan fingerprint density at radius 1 is 1.43 bits per heavy atom. The van der Waals surface area contributed by atoms with Gasteiger partial charge in [0.05, 0.1) is 16.4 Å². The summed E-state index contributed by atoms with van der Waals surface area (Å²) in [7, 11) is 0. The van der Waals surface area contributed by atoms with Crippen molar-refractivity contribution in [3.05, 3.63) is 29.0 Å². The predicted octanol–water partition coefficient (Wildman–Crippen LogP) is 3.59. The molecule has 0 bridgehead atoms. The van der Waals surface area contributed by atoms with E-state index in [0.29, 0.717) is 36.3 Å². The Morgan fingerprint density at radius 3 is 2.86 bits per heavy atom. The number of alkyl halides is 1. The zero-order valence-electron chi connectivity index (χ0n) is 12.2. The minimum absolute atomic E-state index is 0.0353. The summed E-state index contributed by atoms with van der Waals surface area (Å²) in [5, 5.41) is 3.51. The summed E-state index contributed by atoms with van der Waals surface area (Å²) < 4.78 is 1.96. The molecule has 0 aliphatic carbocycles. The maximum absolute atomic E-state index is 11.8. The van der Waals surface area contributed by atoms with Crippen molar-refractivity contribution in [1.82, 2.24) is 14.9 Å². The van der Waals surface area contributed by atoms with Gasteiger partial charge in [-0.3, -0.25) is 4.79 Å². The van der Waals surface area contributed by atoms with E-state index in [2.05, 4.69) is 24.1 Å². The highest BCUT2D eigenvalue weighted by molar-refractivity contribution is 6.35. The second-order valence-corrected chi connectivity index (χ2v) is 6.04. The number of hydrogen-bond acceptors (Lipinski definition) is 2. The van der Waals surface area contributed by atoms with E-state index in [0.717, 1.165) is 16.9 Å². The Hall–Kier alpha value is -1.26. The van der Waals surface area contributed by atoms with Crippen molar-refractivity contribution in [1.29, 1.82) is 0 Å². The number of rotatable bonds is 6. The van der Waals surface area contributed by atoms with E-state index in [1.54, 1.807) is 6.07 Å². The number of para-hydroxylation sites is 1. The zero-order chi connectivity index (χ0) is 15.4. The molecular formula is C15H19Cl2N3O. The number of benzene rings is 1. The second kappa shape index (κ2) is 7.14. The second-order valence-electron chi connectivity index (χ2n) is 5.37. The van der Waals surface area contributed by atoms with Gasteiger partial charge in [0.15, 0.2) is 0 Å². The minimum Gasteiger partial charge on any atom is -0.356 e. The van der Waals surface area contributed by atoms with Gasteiger partial charge >= 0.3 is 0 Å². The lowest BCUT2D eigenvalue weighted by atomic mass is 10.2. The Bertz CT molecular complexity index is 637. The highest BCUT2D eigenvalue weighted by atomic mass is 35.5. The van der Waals surface area contributed by atoms with Crippen LogP contribution in [0.2, 0.25) is 5.02 Å². The number of nitrogens with zero attached hydrogens (tertiary/aromatic N) is 2. The first-order valence-electron chi connectivity index (χ1n) is 6.99. The standard InChI is InChI=1S/C15H19Cl2N3O/c1-10(2)9-18-14(21)6-7-20-12-5-3-4-11(17)15(12)19-13(20)8-16/h3-5,10H,6-9H2,1-2H3,(H,18,21). The SMILES string of the molecule is CC(C)CNC(=O)CCn1c(CCl)nc2c(Cl)cccc21. The van der Waals surface area contributed by atoms with Crippen LogP contribution in [0.5, 0.6) is 0 Å². The maximum Gasteiger partial charge on any atom is 0.221 e. The number of nitrogens with one attached hydrogen (secondary N) is 1. The van der Waals surface area contributed by atoms with Crippen molar-refractivity contribution in [2.45, 2.75) is 32.7 Å². The largest absolute Gasteiger partial charge is 0.356 e. The number of carbonyl (C=O) groups is 1. The third kappa shape index (κ3) is 3.89. The third-order valence-electron chi connectivity index (χ3n) is 3.20. The van der Waals surface area contributed by atoms with E-state index in [-0.39, 0.29) is 5.91 Å². The van der Waals surface area contributed by atoms with E-state index in [1.165, 1.54) is 0 Å². The van der Waals surface area contributed by atoms with Crippen LogP contribution in [0.3, 0.4) is 0 Å². The summed E-state index contributed by atoms with van der Waals surface area (Å²) in [6.45, 7) is 5.37. The fourth-order valence-electron chi connectivity index (χ4n) is 2.13. The Kier molecular flexibility index (Phi) is 5.48. The normalized spacial score (nSPS) is 11.3. The summed E-state index contributed by atoms with van der Waals surface area (Å²) in [6.07, 6.45) is 0.397. The number of aromatic nitrogens is 2. The molecule has 1 heterocycles. The van der Waals surface area contributed by atoms with Crippen LogP contribution in [0.25, 0.3) is 11.0 Å². The van der Waals surface area contributed by atoms with Gasteiger partial charge in [-0.05, 0) is 18.1 Å². The molecule has 1 aromatic carbocycles. The van der Waals surface area contributed by atoms with Crippen LogP contribution in [-0.2, 0) is 17.2 Å². The van der Waals surface area contributed by atoms with Crippen LogP contribution in [-0.4, -0.2) is 22.0 Å². The summed E-state index contributed by atoms with van der Waals surface area (Å²) >= 11 is 12.1. The fourth-order valence-corrected chi connectivity index (χ4v) is 2.55. The van der Waals surface area contributed by atoms with Gasteiger partial charge in [-0.15, -0.1) is 11.6 Å². The minimum atomic E-state index is 0.0353. The molecule has 2 aromatic rings. The maximum atomic E-state index is 11.8. The quantitative estimate of drug-likeness (QED) is 0.824. The molecule has 1 aromatic heterocycles. The van der Waals surface area contributed by atoms with Crippen molar-refractivity contribution in [2.24, 2.45) is 5.92 Å². The van der Waals surface area contributed by atoms with Crippen LogP contribution in [0.1, 0.15) is 26.1 Å².